The molecule has 0 saturated carbocycles. The van der Waals surface area contributed by atoms with Crippen LogP contribution in [0.1, 0.15) is 51.8 Å². The number of para-hydroxylation sites is 1. The molecule has 1 atom stereocenters. The van der Waals surface area contributed by atoms with Crippen molar-refractivity contribution in [3.05, 3.63) is 58.7 Å². The van der Waals surface area contributed by atoms with Crippen molar-refractivity contribution in [3.63, 3.8) is 0 Å². The van der Waals surface area contributed by atoms with Gasteiger partial charge in [-0.1, -0.05) is 30.0 Å². The number of carbonyl (C=O) groups excluding carboxylic acids is 2. The van der Waals surface area contributed by atoms with Gasteiger partial charge in [-0.15, -0.1) is 10.2 Å². The van der Waals surface area contributed by atoms with Crippen molar-refractivity contribution >= 4 is 23.5 Å². The summed E-state index contributed by atoms with van der Waals surface area (Å²) in [6.45, 7) is 9.27. The number of thioether (sulfide) groups is 1. The fraction of sp³-hybridized carbons (Fsp3) is 0.333. The first-order chi connectivity index (χ1) is 13.8. The zero-order valence-corrected chi connectivity index (χ0v) is 18.0. The maximum atomic E-state index is 13.1. The molecule has 2 aromatic heterocycles. The van der Waals surface area contributed by atoms with Gasteiger partial charge in [0, 0.05) is 11.4 Å². The Bertz CT molecular complexity index is 1040. The van der Waals surface area contributed by atoms with Crippen LogP contribution in [0.25, 0.3) is 5.69 Å². The highest BCUT2D eigenvalue weighted by Gasteiger charge is 2.27. The quantitative estimate of drug-likeness (QED) is 0.358. The molecule has 0 fully saturated rings. The molecule has 3 rings (SSSR count). The normalized spacial score (nSPS) is 12.0. The summed E-state index contributed by atoms with van der Waals surface area (Å²) < 4.78 is 7.03. The first-order valence-electron chi connectivity index (χ1n) is 9.39. The molecule has 1 unspecified atom stereocenters. The van der Waals surface area contributed by atoms with Crippen LogP contribution in [0.3, 0.4) is 0 Å². The SMILES string of the molecule is CCOC(=O)c1c(C)[nH]c(C(=O)C(C)Sc2nnc(C)n2-c2ccccc2)c1C. The van der Waals surface area contributed by atoms with E-state index in [0.29, 0.717) is 27.7 Å². The molecule has 1 N–H and O–H groups in total. The van der Waals surface area contributed by atoms with Gasteiger partial charge < -0.3 is 9.72 Å². The van der Waals surface area contributed by atoms with Crippen LogP contribution in [0.5, 0.6) is 0 Å². The summed E-state index contributed by atoms with van der Waals surface area (Å²) in [6.07, 6.45) is 0. The first-order valence-corrected chi connectivity index (χ1v) is 10.3. The highest BCUT2D eigenvalue weighted by atomic mass is 32.2. The van der Waals surface area contributed by atoms with E-state index in [1.165, 1.54) is 11.8 Å². The van der Waals surface area contributed by atoms with Crippen LogP contribution in [0, 0.1) is 20.8 Å². The number of nitrogens with zero attached hydrogens (tertiary/aromatic N) is 3. The van der Waals surface area contributed by atoms with E-state index in [9.17, 15) is 9.59 Å². The van der Waals surface area contributed by atoms with Gasteiger partial charge in [0.2, 0.25) is 0 Å². The number of ether oxygens (including phenoxy) is 1. The molecular weight excluding hydrogens is 388 g/mol. The van der Waals surface area contributed by atoms with Crippen molar-refractivity contribution in [2.24, 2.45) is 0 Å². The third-order valence-corrected chi connectivity index (χ3v) is 5.67. The molecular formula is C21H24N4O3S. The minimum absolute atomic E-state index is 0.105. The smallest absolute Gasteiger partial charge is 0.340 e. The molecule has 0 aliphatic carbocycles. The number of hydrogen-bond donors (Lipinski definition) is 1. The minimum atomic E-state index is -0.423. The lowest BCUT2D eigenvalue weighted by atomic mass is 10.1. The van der Waals surface area contributed by atoms with Gasteiger partial charge in [0.05, 0.1) is 23.1 Å². The maximum Gasteiger partial charge on any atom is 0.340 e. The largest absolute Gasteiger partial charge is 0.462 e. The summed E-state index contributed by atoms with van der Waals surface area (Å²) in [7, 11) is 0. The Balaban J connectivity index is 1.87. The minimum Gasteiger partial charge on any atom is -0.462 e. The lowest BCUT2D eigenvalue weighted by Gasteiger charge is -2.12. The lowest BCUT2D eigenvalue weighted by molar-refractivity contribution is 0.0525. The summed E-state index contributed by atoms with van der Waals surface area (Å²) >= 11 is 1.33. The number of hydrogen-bond acceptors (Lipinski definition) is 6. The number of benzene rings is 1. The molecule has 0 saturated heterocycles. The maximum absolute atomic E-state index is 13.1. The Morgan fingerprint density at radius 2 is 1.86 bits per heavy atom. The van der Waals surface area contributed by atoms with E-state index in [-0.39, 0.29) is 12.4 Å². The molecule has 0 spiro atoms. The number of ketones is 1. The topological polar surface area (TPSA) is 89.9 Å². The van der Waals surface area contributed by atoms with Crippen LogP contribution in [0.4, 0.5) is 0 Å². The van der Waals surface area contributed by atoms with Gasteiger partial charge in [0.25, 0.3) is 0 Å². The molecule has 1 aromatic carbocycles. The standard InChI is InChI=1S/C21H24N4O3S/c1-6-28-20(27)17-12(2)18(22-13(17)3)19(26)14(4)29-21-24-23-15(5)25(21)16-10-8-7-9-11-16/h7-11,14,22H,6H2,1-5H3. The number of H-pyrrole nitrogens is 1. The summed E-state index contributed by atoms with van der Waals surface area (Å²) in [5, 5.41) is 8.63. The highest BCUT2D eigenvalue weighted by molar-refractivity contribution is 8.00. The van der Waals surface area contributed by atoms with Crippen molar-refractivity contribution in [3.8, 4) is 5.69 Å². The van der Waals surface area contributed by atoms with Crippen molar-refractivity contribution in [2.75, 3.05) is 6.61 Å². The van der Waals surface area contributed by atoms with Gasteiger partial charge in [-0.3, -0.25) is 9.36 Å². The summed E-state index contributed by atoms with van der Waals surface area (Å²) in [6, 6.07) is 9.77. The second-order valence-corrected chi connectivity index (χ2v) is 7.98. The van der Waals surface area contributed by atoms with Crippen LogP contribution in [0.2, 0.25) is 0 Å². The van der Waals surface area contributed by atoms with Crippen LogP contribution < -0.4 is 0 Å². The molecule has 0 radical (unpaired) electrons. The molecule has 0 aliphatic rings. The van der Waals surface area contributed by atoms with Crippen molar-refractivity contribution in [1.29, 1.82) is 0 Å². The monoisotopic (exact) mass is 412 g/mol. The Kier molecular flexibility index (Phi) is 6.22. The number of aromatic nitrogens is 4. The lowest BCUT2D eigenvalue weighted by Crippen LogP contribution is -2.16. The van der Waals surface area contributed by atoms with Crippen molar-refractivity contribution in [2.45, 2.75) is 45.0 Å². The average Bonchev–Trinajstić information content (AvgIpc) is 3.20. The summed E-state index contributed by atoms with van der Waals surface area (Å²) in [5.41, 5.74) is 3.03. The van der Waals surface area contributed by atoms with Crippen molar-refractivity contribution in [1.82, 2.24) is 19.7 Å². The van der Waals surface area contributed by atoms with E-state index < -0.39 is 11.2 Å². The van der Waals surface area contributed by atoms with Gasteiger partial charge in [0.15, 0.2) is 10.9 Å². The molecule has 29 heavy (non-hydrogen) atoms. The second kappa shape index (κ2) is 8.65. The Morgan fingerprint density at radius 1 is 1.17 bits per heavy atom. The number of aromatic amines is 1. The van der Waals surface area contributed by atoms with Crippen LogP contribution >= 0.6 is 11.8 Å². The van der Waals surface area contributed by atoms with Gasteiger partial charge in [-0.05, 0) is 52.3 Å². The fourth-order valence-electron chi connectivity index (χ4n) is 3.21. The molecule has 2 heterocycles. The summed E-state index contributed by atoms with van der Waals surface area (Å²) in [5.74, 6) is 0.221. The van der Waals surface area contributed by atoms with E-state index in [0.717, 1.165) is 11.5 Å². The van der Waals surface area contributed by atoms with E-state index in [1.807, 2.05) is 48.7 Å². The number of rotatable bonds is 7. The number of Topliss-reactive ketones (excluding diaryl/α,β-unsaturated/α-hetero) is 1. The Morgan fingerprint density at radius 3 is 2.52 bits per heavy atom. The predicted octanol–water partition coefficient (Wildman–Crippen LogP) is 4.06. The Hall–Kier alpha value is -2.87. The Labute approximate surface area is 173 Å². The fourth-order valence-corrected chi connectivity index (χ4v) is 4.19. The third-order valence-electron chi connectivity index (χ3n) is 4.62. The molecule has 7 nitrogen and oxygen atoms in total. The van der Waals surface area contributed by atoms with E-state index in [4.69, 9.17) is 4.74 Å². The van der Waals surface area contributed by atoms with Gasteiger partial charge in [0.1, 0.15) is 5.82 Å². The molecule has 152 valence electrons. The van der Waals surface area contributed by atoms with Gasteiger partial charge in [-0.2, -0.15) is 0 Å². The molecule has 3 aromatic rings. The van der Waals surface area contributed by atoms with Gasteiger partial charge in [-0.25, -0.2) is 4.79 Å². The highest BCUT2D eigenvalue weighted by Crippen LogP contribution is 2.29. The predicted molar refractivity (Wildman–Crippen MR) is 112 cm³/mol. The number of aryl methyl sites for hydroxylation is 2. The molecule has 0 amide bonds. The zero-order valence-electron chi connectivity index (χ0n) is 17.1. The van der Waals surface area contributed by atoms with Gasteiger partial charge >= 0.3 is 5.97 Å². The van der Waals surface area contributed by atoms with Crippen LogP contribution in [-0.2, 0) is 4.74 Å². The zero-order chi connectivity index (χ0) is 21.1. The second-order valence-electron chi connectivity index (χ2n) is 6.67. The van der Waals surface area contributed by atoms with Crippen LogP contribution in [0.15, 0.2) is 35.5 Å². The molecule has 8 heteroatoms. The number of carbonyl (C=O) groups is 2. The van der Waals surface area contributed by atoms with E-state index in [1.54, 1.807) is 20.8 Å². The molecule has 0 aliphatic heterocycles. The van der Waals surface area contributed by atoms with E-state index >= 15 is 0 Å². The third kappa shape index (κ3) is 4.12. The average molecular weight is 413 g/mol. The van der Waals surface area contributed by atoms with Crippen molar-refractivity contribution < 1.29 is 14.3 Å². The van der Waals surface area contributed by atoms with Crippen LogP contribution in [-0.4, -0.2) is 43.4 Å². The molecule has 0 bridgehead atoms. The van der Waals surface area contributed by atoms with E-state index in [2.05, 4.69) is 15.2 Å². The number of nitrogens with one attached hydrogen (secondary N) is 1. The first kappa shape index (κ1) is 20.9. The number of esters is 1. The summed E-state index contributed by atoms with van der Waals surface area (Å²) in [4.78, 5) is 28.4.